The van der Waals surface area contributed by atoms with E-state index in [1.54, 1.807) is 6.07 Å². The zero-order valence-electron chi connectivity index (χ0n) is 14.2. The van der Waals surface area contributed by atoms with E-state index < -0.39 is 18.1 Å². The fourth-order valence-electron chi connectivity index (χ4n) is 2.19. The number of phenolic OH excluding ortho intramolecular Hbond substituents is 1. The van der Waals surface area contributed by atoms with Crippen molar-refractivity contribution in [2.45, 2.75) is 19.1 Å². The summed E-state index contributed by atoms with van der Waals surface area (Å²) in [5.41, 5.74) is 7.23. The number of esters is 1. The van der Waals surface area contributed by atoms with Gasteiger partial charge in [-0.3, -0.25) is 0 Å². The average Bonchev–Trinajstić information content (AvgIpc) is 2.62. The maximum Gasteiger partial charge on any atom is 0.408 e. The van der Waals surface area contributed by atoms with Crippen LogP contribution in [0.2, 0.25) is 0 Å². The van der Waals surface area contributed by atoms with Gasteiger partial charge < -0.3 is 25.6 Å². The lowest BCUT2D eigenvalue weighted by Gasteiger charge is -2.17. The lowest BCUT2D eigenvalue weighted by atomic mass is 10.1. The van der Waals surface area contributed by atoms with E-state index >= 15 is 0 Å². The van der Waals surface area contributed by atoms with Crippen LogP contribution in [-0.4, -0.2) is 30.3 Å². The molecule has 0 aliphatic rings. The molecule has 8 heteroatoms. The SMILES string of the molecule is COC(=O)[C@@H](Cc1ccc(N)c(O)c1)NC(=O)OCc1ccccc1.Cl. The molecular weight excluding hydrogens is 360 g/mol. The third-order valence-electron chi connectivity index (χ3n) is 3.53. The predicted octanol–water partition coefficient (Wildman–Crippen LogP) is 2.41. The summed E-state index contributed by atoms with van der Waals surface area (Å²) in [5.74, 6) is -0.708. The smallest absolute Gasteiger partial charge is 0.408 e. The van der Waals surface area contributed by atoms with Gasteiger partial charge in [0.05, 0.1) is 12.8 Å². The Morgan fingerprint density at radius 3 is 2.46 bits per heavy atom. The number of methoxy groups -OCH3 is 1. The second-order valence-corrected chi connectivity index (χ2v) is 5.38. The first-order valence-electron chi connectivity index (χ1n) is 7.62. The Morgan fingerprint density at radius 1 is 1.15 bits per heavy atom. The lowest BCUT2D eigenvalue weighted by molar-refractivity contribution is -0.143. The van der Waals surface area contributed by atoms with Gasteiger partial charge in [0.2, 0.25) is 0 Å². The molecule has 2 aromatic carbocycles. The Morgan fingerprint density at radius 2 is 1.85 bits per heavy atom. The number of amides is 1. The number of halogens is 1. The van der Waals surface area contributed by atoms with Gasteiger partial charge in [0, 0.05) is 6.42 Å². The minimum absolute atomic E-state index is 0. The molecule has 1 amide bonds. The standard InChI is InChI=1S/C18H20N2O5.ClH/c1-24-17(22)15(9-13-7-8-14(19)16(21)10-13)20-18(23)25-11-12-5-3-2-4-6-12;/h2-8,10,15,21H,9,11,19H2,1H3,(H,20,23);1H/t15-;/m1./s1. The van der Waals surface area contributed by atoms with Gasteiger partial charge in [-0.25, -0.2) is 9.59 Å². The molecule has 0 saturated heterocycles. The summed E-state index contributed by atoms with van der Waals surface area (Å²) in [5, 5.41) is 12.1. The monoisotopic (exact) mass is 380 g/mol. The van der Waals surface area contributed by atoms with Crippen LogP contribution in [0.25, 0.3) is 0 Å². The van der Waals surface area contributed by atoms with Crippen LogP contribution >= 0.6 is 12.4 Å². The number of nitrogens with two attached hydrogens (primary N) is 1. The van der Waals surface area contributed by atoms with E-state index in [9.17, 15) is 14.7 Å². The first-order valence-corrected chi connectivity index (χ1v) is 7.62. The third kappa shape index (κ3) is 6.18. The number of anilines is 1. The normalized spacial score (nSPS) is 11.0. The molecule has 2 rings (SSSR count). The van der Waals surface area contributed by atoms with Gasteiger partial charge in [-0.1, -0.05) is 36.4 Å². The van der Waals surface area contributed by atoms with E-state index in [1.165, 1.54) is 19.2 Å². The number of rotatable bonds is 6. The molecule has 7 nitrogen and oxygen atoms in total. The van der Waals surface area contributed by atoms with Crippen LogP contribution in [0.5, 0.6) is 5.75 Å². The molecule has 4 N–H and O–H groups in total. The van der Waals surface area contributed by atoms with Crippen molar-refractivity contribution in [3.63, 3.8) is 0 Å². The molecule has 0 radical (unpaired) electrons. The van der Waals surface area contributed by atoms with Crippen molar-refractivity contribution >= 4 is 30.2 Å². The minimum atomic E-state index is -0.948. The molecule has 0 spiro atoms. The fraction of sp³-hybridized carbons (Fsp3) is 0.222. The van der Waals surface area contributed by atoms with Crippen LogP contribution in [0.1, 0.15) is 11.1 Å². The summed E-state index contributed by atoms with van der Waals surface area (Å²) < 4.78 is 9.81. The lowest BCUT2D eigenvalue weighted by Crippen LogP contribution is -2.43. The molecule has 140 valence electrons. The number of nitrogen functional groups attached to an aromatic ring is 1. The molecule has 0 aliphatic heterocycles. The summed E-state index contributed by atoms with van der Waals surface area (Å²) in [6.45, 7) is 0.0865. The second kappa shape index (κ2) is 10.1. The second-order valence-electron chi connectivity index (χ2n) is 5.38. The van der Waals surface area contributed by atoms with E-state index in [0.717, 1.165) is 5.56 Å². The van der Waals surface area contributed by atoms with Crippen molar-refractivity contribution in [2.75, 3.05) is 12.8 Å². The van der Waals surface area contributed by atoms with Crippen molar-refractivity contribution in [3.8, 4) is 5.75 Å². The minimum Gasteiger partial charge on any atom is -0.506 e. The van der Waals surface area contributed by atoms with Crippen LogP contribution in [0.4, 0.5) is 10.5 Å². The summed E-state index contributed by atoms with van der Waals surface area (Å²) in [4.78, 5) is 23.8. The van der Waals surface area contributed by atoms with Gasteiger partial charge in [-0.15, -0.1) is 12.4 Å². The predicted molar refractivity (Wildman–Crippen MR) is 99.0 cm³/mol. The molecule has 0 saturated carbocycles. The van der Waals surface area contributed by atoms with Gasteiger partial charge in [0.1, 0.15) is 18.4 Å². The molecular formula is C18H21ClN2O5. The number of nitrogens with one attached hydrogen (secondary N) is 1. The molecule has 2 aromatic rings. The van der Waals surface area contributed by atoms with Gasteiger partial charge in [-0.2, -0.15) is 0 Å². The number of aromatic hydroxyl groups is 1. The van der Waals surface area contributed by atoms with Crippen molar-refractivity contribution in [1.29, 1.82) is 0 Å². The third-order valence-corrected chi connectivity index (χ3v) is 3.53. The van der Waals surface area contributed by atoms with Crippen molar-refractivity contribution in [2.24, 2.45) is 0 Å². The van der Waals surface area contributed by atoms with Gasteiger partial charge in [0.25, 0.3) is 0 Å². The molecule has 0 fully saturated rings. The average molecular weight is 381 g/mol. The van der Waals surface area contributed by atoms with E-state index in [1.807, 2.05) is 30.3 Å². The van der Waals surface area contributed by atoms with E-state index in [2.05, 4.69) is 5.32 Å². The van der Waals surface area contributed by atoms with Crippen LogP contribution < -0.4 is 11.1 Å². The highest BCUT2D eigenvalue weighted by atomic mass is 35.5. The number of benzene rings is 2. The van der Waals surface area contributed by atoms with E-state index in [-0.39, 0.29) is 36.9 Å². The highest BCUT2D eigenvalue weighted by Gasteiger charge is 2.23. The van der Waals surface area contributed by atoms with E-state index in [4.69, 9.17) is 15.2 Å². The fourth-order valence-corrected chi connectivity index (χ4v) is 2.19. The largest absolute Gasteiger partial charge is 0.506 e. The topological polar surface area (TPSA) is 111 Å². The maximum atomic E-state index is 11.9. The number of ether oxygens (including phenoxy) is 2. The number of phenols is 1. The molecule has 0 heterocycles. The Kier molecular flexibility index (Phi) is 8.24. The van der Waals surface area contributed by atoms with Gasteiger partial charge in [0.15, 0.2) is 0 Å². The summed E-state index contributed by atoms with van der Waals surface area (Å²) >= 11 is 0. The van der Waals surface area contributed by atoms with Crippen LogP contribution in [0.15, 0.2) is 48.5 Å². The first-order chi connectivity index (χ1) is 12.0. The van der Waals surface area contributed by atoms with E-state index in [0.29, 0.717) is 5.56 Å². The quantitative estimate of drug-likeness (QED) is 0.403. The molecule has 1 atom stereocenters. The Labute approximate surface area is 157 Å². The molecule has 26 heavy (non-hydrogen) atoms. The number of hydrogen-bond acceptors (Lipinski definition) is 6. The zero-order chi connectivity index (χ0) is 18.2. The highest BCUT2D eigenvalue weighted by Crippen LogP contribution is 2.21. The van der Waals surface area contributed by atoms with Gasteiger partial charge >= 0.3 is 12.1 Å². The number of carbonyl (C=O) groups excluding carboxylic acids is 2. The van der Waals surface area contributed by atoms with Crippen LogP contribution in [0, 0.1) is 0 Å². The molecule has 0 aromatic heterocycles. The molecule has 0 aliphatic carbocycles. The molecule has 0 unspecified atom stereocenters. The van der Waals surface area contributed by atoms with Crippen molar-refractivity contribution in [1.82, 2.24) is 5.32 Å². The number of carbonyl (C=O) groups is 2. The van der Waals surface area contributed by atoms with Crippen LogP contribution in [-0.2, 0) is 27.3 Å². The number of alkyl carbamates (subject to hydrolysis) is 1. The Bertz CT molecular complexity index is 740. The molecule has 0 bridgehead atoms. The zero-order valence-corrected chi connectivity index (χ0v) is 15.0. The van der Waals surface area contributed by atoms with Gasteiger partial charge in [-0.05, 0) is 23.3 Å². The number of hydrogen-bond donors (Lipinski definition) is 3. The van der Waals surface area contributed by atoms with Crippen molar-refractivity contribution < 1.29 is 24.2 Å². The summed E-state index contributed by atoms with van der Waals surface area (Å²) in [6.07, 6.45) is -0.611. The maximum absolute atomic E-state index is 11.9. The summed E-state index contributed by atoms with van der Waals surface area (Å²) in [7, 11) is 1.23. The highest BCUT2D eigenvalue weighted by molar-refractivity contribution is 5.85. The Hall–Kier alpha value is -2.93. The van der Waals surface area contributed by atoms with Crippen molar-refractivity contribution in [3.05, 3.63) is 59.7 Å². The Balaban J connectivity index is 0.00000338. The first kappa shape index (κ1) is 21.1. The summed E-state index contributed by atoms with van der Waals surface area (Å²) in [6, 6.07) is 12.8. The van der Waals surface area contributed by atoms with Crippen LogP contribution in [0.3, 0.4) is 0 Å².